The fraction of sp³-hybridized carbons (Fsp3) is 0.278. The number of carbonyl (C=O) groups excluding carboxylic acids is 1. The molecule has 0 aromatic heterocycles. The van der Waals surface area contributed by atoms with Gasteiger partial charge in [-0.2, -0.15) is 0 Å². The first-order chi connectivity index (χ1) is 10.5. The van der Waals surface area contributed by atoms with Crippen molar-refractivity contribution in [3.05, 3.63) is 57.2 Å². The Labute approximate surface area is 145 Å². The van der Waals surface area contributed by atoms with Crippen molar-refractivity contribution in [2.24, 2.45) is 0 Å². The first-order valence-electron chi connectivity index (χ1n) is 7.30. The number of rotatable bonds is 5. The lowest BCUT2D eigenvalue weighted by Gasteiger charge is -2.19. The molecule has 4 heteroatoms. The zero-order valence-corrected chi connectivity index (χ0v) is 15.2. The van der Waals surface area contributed by atoms with Crippen molar-refractivity contribution in [3.8, 4) is 5.75 Å². The van der Waals surface area contributed by atoms with E-state index in [9.17, 15) is 4.79 Å². The van der Waals surface area contributed by atoms with Gasteiger partial charge in [0.05, 0.1) is 0 Å². The summed E-state index contributed by atoms with van der Waals surface area (Å²) in [6, 6.07) is 13.7. The number of aryl methyl sites for hydroxylation is 2. The molecule has 0 aliphatic heterocycles. The standard InChI is InChI=1S/C18H20INO2/c1-4-16(22-17-10-5-12(2)11-13(17)3)18(21)20-15-8-6-14(19)7-9-15/h5-11,16H,4H2,1-3H3,(H,20,21). The Bertz CT molecular complexity index is 653. The minimum absolute atomic E-state index is 0.122. The molecule has 116 valence electrons. The molecular weight excluding hydrogens is 389 g/mol. The van der Waals surface area contributed by atoms with Crippen LogP contribution >= 0.6 is 22.6 Å². The van der Waals surface area contributed by atoms with E-state index in [0.717, 1.165) is 20.6 Å². The summed E-state index contributed by atoms with van der Waals surface area (Å²) < 4.78 is 7.03. The largest absolute Gasteiger partial charge is 0.480 e. The third kappa shape index (κ3) is 4.47. The number of ether oxygens (including phenoxy) is 1. The highest BCUT2D eigenvalue weighted by Gasteiger charge is 2.19. The van der Waals surface area contributed by atoms with Gasteiger partial charge in [0.1, 0.15) is 5.75 Å². The second kappa shape index (κ2) is 7.63. The van der Waals surface area contributed by atoms with Crippen LogP contribution in [0.3, 0.4) is 0 Å². The van der Waals surface area contributed by atoms with Crippen LogP contribution in [0, 0.1) is 17.4 Å². The molecule has 2 aromatic carbocycles. The Morgan fingerprint density at radius 1 is 1.18 bits per heavy atom. The molecule has 0 aliphatic carbocycles. The van der Waals surface area contributed by atoms with Gasteiger partial charge in [-0.05, 0) is 78.8 Å². The van der Waals surface area contributed by atoms with E-state index < -0.39 is 6.10 Å². The summed E-state index contributed by atoms with van der Waals surface area (Å²) in [6.07, 6.45) is 0.115. The van der Waals surface area contributed by atoms with Gasteiger partial charge in [-0.3, -0.25) is 4.79 Å². The van der Waals surface area contributed by atoms with E-state index in [1.165, 1.54) is 5.56 Å². The highest BCUT2D eigenvalue weighted by molar-refractivity contribution is 14.1. The molecule has 0 fully saturated rings. The zero-order valence-electron chi connectivity index (χ0n) is 13.0. The Morgan fingerprint density at radius 2 is 1.86 bits per heavy atom. The molecule has 1 atom stereocenters. The molecule has 0 aliphatic rings. The zero-order chi connectivity index (χ0) is 16.1. The normalized spacial score (nSPS) is 11.8. The quantitative estimate of drug-likeness (QED) is 0.727. The Balaban J connectivity index is 2.07. The van der Waals surface area contributed by atoms with Gasteiger partial charge in [0.25, 0.3) is 5.91 Å². The predicted octanol–water partition coefficient (Wildman–Crippen LogP) is 4.70. The van der Waals surface area contributed by atoms with Crippen molar-refractivity contribution >= 4 is 34.2 Å². The van der Waals surface area contributed by atoms with Crippen LogP contribution in [0.1, 0.15) is 24.5 Å². The highest BCUT2D eigenvalue weighted by Crippen LogP contribution is 2.21. The maximum absolute atomic E-state index is 12.4. The number of halogens is 1. The summed E-state index contributed by atoms with van der Waals surface area (Å²) in [5.74, 6) is 0.638. The summed E-state index contributed by atoms with van der Waals surface area (Å²) in [5.41, 5.74) is 3.01. The maximum Gasteiger partial charge on any atom is 0.265 e. The number of benzene rings is 2. The van der Waals surface area contributed by atoms with Crippen LogP contribution in [0.4, 0.5) is 5.69 Å². The summed E-state index contributed by atoms with van der Waals surface area (Å²) in [5, 5.41) is 2.90. The average Bonchev–Trinajstić information content (AvgIpc) is 2.49. The van der Waals surface area contributed by atoms with E-state index >= 15 is 0 Å². The lowest BCUT2D eigenvalue weighted by Crippen LogP contribution is -2.32. The first kappa shape index (κ1) is 16.8. The molecule has 2 rings (SSSR count). The predicted molar refractivity (Wildman–Crippen MR) is 98.4 cm³/mol. The number of anilines is 1. The van der Waals surface area contributed by atoms with Crippen LogP contribution in [0.5, 0.6) is 5.75 Å². The van der Waals surface area contributed by atoms with Crippen molar-refractivity contribution in [2.45, 2.75) is 33.3 Å². The van der Waals surface area contributed by atoms with E-state index in [-0.39, 0.29) is 5.91 Å². The van der Waals surface area contributed by atoms with Crippen LogP contribution in [-0.2, 0) is 4.79 Å². The smallest absolute Gasteiger partial charge is 0.265 e. The number of hydrogen-bond donors (Lipinski definition) is 1. The van der Waals surface area contributed by atoms with Gasteiger partial charge >= 0.3 is 0 Å². The van der Waals surface area contributed by atoms with Gasteiger partial charge in [-0.1, -0.05) is 24.6 Å². The topological polar surface area (TPSA) is 38.3 Å². The average molecular weight is 409 g/mol. The molecule has 1 N–H and O–H groups in total. The number of amides is 1. The molecule has 0 radical (unpaired) electrons. The van der Waals surface area contributed by atoms with Gasteiger partial charge in [0.2, 0.25) is 0 Å². The summed E-state index contributed by atoms with van der Waals surface area (Å²) in [7, 11) is 0. The molecule has 0 spiro atoms. The minimum Gasteiger partial charge on any atom is -0.480 e. The van der Waals surface area contributed by atoms with Gasteiger partial charge < -0.3 is 10.1 Å². The summed E-state index contributed by atoms with van der Waals surface area (Å²) in [4.78, 5) is 12.4. The molecule has 1 amide bonds. The Hall–Kier alpha value is -1.56. The lowest BCUT2D eigenvalue weighted by atomic mass is 10.1. The Morgan fingerprint density at radius 3 is 2.45 bits per heavy atom. The minimum atomic E-state index is -0.499. The molecular formula is C18H20INO2. The van der Waals surface area contributed by atoms with Crippen molar-refractivity contribution < 1.29 is 9.53 Å². The van der Waals surface area contributed by atoms with Gasteiger partial charge in [-0.25, -0.2) is 0 Å². The van der Waals surface area contributed by atoms with E-state index in [0.29, 0.717) is 6.42 Å². The van der Waals surface area contributed by atoms with Gasteiger partial charge in [0.15, 0.2) is 6.10 Å². The van der Waals surface area contributed by atoms with Crippen LogP contribution in [-0.4, -0.2) is 12.0 Å². The molecule has 2 aromatic rings. The first-order valence-corrected chi connectivity index (χ1v) is 8.38. The maximum atomic E-state index is 12.4. The van der Waals surface area contributed by atoms with Crippen LogP contribution in [0.15, 0.2) is 42.5 Å². The van der Waals surface area contributed by atoms with Crippen molar-refractivity contribution in [3.63, 3.8) is 0 Å². The van der Waals surface area contributed by atoms with Crippen molar-refractivity contribution in [1.82, 2.24) is 0 Å². The monoisotopic (exact) mass is 409 g/mol. The Kier molecular flexibility index (Phi) is 5.83. The van der Waals surface area contributed by atoms with Crippen molar-refractivity contribution in [2.75, 3.05) is 5.32 Å². The highest BCUT2D eigenvalue weighted by atomic mass is 127. The summed E-state index contributed by atoms with van der Waals surface area (Å²) in [6.45, 7) is 5.98. The molecule has 22 heavy (non-hydrogen) atoms. The number of hydrogen-bond acceptors (Lipinski definition) is 2. The van der Waals surface area contributed by atoms with Gasteiger partial charge in [-0.15, -0.1) is 0 Å². The second-order valence-corrected chi connectivity index (χ2v) is 6.53. The molecule has 0 saturated heterocycles. The van der Waals surface area contributed by atoms with E-state index in [1.807, 2.05) is 57.2 Å². The van der Waals surface area contributed by atoms with E-state index in [1.54, 1.807) is 0 Å². The van der Waals surface area contributed by atoms with E-state index in [4.69, 9.17) is 4.74 Å². The summed E-state index contributed by atoms with van der Waals surface area (Å²) >= 11 is 2.23. The second-order valence-electron chi connectivity index (χ2n) is 5.28. The lowest BCUT2D eigenvalue weighted by molar-refractivity contribution is -0.122. The third-order valence-corrected chi connectivity index (χ3v) is 4.09. The third-order valence-electron chi connectivity index (χ3n) is 3.37. The number of nitrogens with one attached hydrogen (secondary N) is 1. The molecule has 3 nitrogen and oxygen atoms in total. The van der Waals surface area contributed by atoms with Crippen LogP contribution < -0.4 is 10.1 Å². The molecule has 0 bridgehead atoms. The van der Waals surface area contributed by atoms with Crippen LogP contribution in [0.2, 0.25) is 0 Å². The van der Waals surface area contributed by atoms with Crippen molar-refractivity contribution in [1.29, 1.82) is 0 Å². The fourth-order valence-electron chi connectivity index (χ4n) is 2.16. The fourth-order valence-corrected chi connectivity index (χ4v) is 2.52. The van der Waals surface area contributed by atoms with Crippen LogP contribution in [0.25, 0.3) is 0 Å². The molecule has 0 saturated carbocycles. The number of carbonyl (C=O) groups is 1. The van der Waals surface area contributed by atoms with E-state index in [2.05, 4.69) is 34.0 Å². The molecule has 0 heterocycles. The molecule has 1 unspecified atom stereocenters. The van der Waals surface area contributed by atoms with Gasteiger partial charge in [0, 0.05) is 9.26 Å². The SMILES string of the molecule is CCC(Oc1ccc(C)cc1C)C(=O)Nc1ccc(I)cc1.